The number of aliphatic hydroxyl groups is 1. The summed E-state index contributed by atoms with van der Waals surface area (Å²) in [7, 11) is 0. The van der Waals surface area contributed by atoms with Gasteiger partial charge in [0, 0.05) is 37.5 Å². The molecule has 14 heteroatoms. The molecule has 6 N–H and O–H groups in total. The first-order valence-corrected chi connectivity index (χ1v) is 14.1. The van der Waals surface area contributed by atoms with Gasteiger partial charge in [0.1, 0.15) is 11.6 Å². The summed E-state index contributed by atoms with van der Waals surface area (Å²) in [6.07, 6.45) is -0.210. The van der Waals surface area contributed by atoms with Crippen LogP contribution in [0.25, 0.3) is 11.0 Å². The van der Waals surface area contributed by atoms with Gasteiger partial charge in [-0.2, -0.15) is 0 Å². The van der Waals surface area contributed by atoms with E-state index in [2.05, 4.69) is 15.7 Å². The number of β-amino-alcohol motifs (C(OH)–C–C–N with tert-alkyl or cyclic N) is 1. The predicted molar refractivity (Wildman–Crippen MR) is 156 cm³/mol. The van der Waals surface area contributed by atoms with Crippen LogP contribution in [0.2, 0.25) is 10.0 Å². The Bertz CT molecular complexity index is 1530. The maximum atomic E-state index is 13.2. The summed E-state index contributed by atoms with van der Waals surface area (Å²) < 4.78 is 5.73. The van der Waals surface area contributed by atoms with Crippen molar-refractivity contribution in [3.05, 3.63) is 68.9 Å². The number of furan rings is 1. The van der Waals surface area contributed by atoms with Crippen molar-refractivity contribution in [1.29, 1.82) is 0 Å². The second kappa shape index (κ2) is 12.2. The number of hydrogen-bond acceptors (Lipinski definition) is 7. The average molecular weight is 617 g/mol. The second-order valence-electron chi connectivity index (χ2n) is 10.4. The molecule has 2 amide bonds. The van der Waals surface area contributed by atoms with Crippen molar-refractivity contribution in [1.82, 2.24) is 20.5 Å². The smallest absolute Gasteiger partial charge is 0.328 e. The molecule has 0 bridgehead atoms. The Kier molecular flexibility index (Phi) is 8.60. The number of fused-ring (bicyclic) bond motifs is 2. The van der Waals surface area contributed by atoms with Gasteiger partial charge in [-0.25, -0.2) is 15.6 Å². The molecule has 1 fully saturated rings. The van der Waals surface area contributed by atoms with Crippen LogP contribution < -0.4 is 16.6 Å². The fourth-order valence-electron chi connectivity index (χ4n) is 5.23. The number of hydrogen-bond donors (Lipinski definition) is 5. The second-order valence-corrected chi connectivity index (χ2v) is 11.2. The fourth-order valence-corrected chi connectivity index (χ4v) is 5.99. The lowest BCUT2D eigenvalue weighted by Gasteiger charge is -2.30. The number of aliphatic imine (C=N–C) groups is 1. The lowest BCUT2D eigenvalue weighted by atomic mass is 9.96. The molecule has 3 heterocycles. The lowest BCUT2D eigenvalue weighted by Crippen LogP contribution is -2.47. The van der Waals surface area contributed by atoms with E-state index in [4.69, 9.17) is 33.5 Å². The average Bonchev–Trinajstić information content (AvgIpc) is 3.54. The van der Waals surface area contributed by atoms with E-state index in [1.165, 1.54) is 0 Å². The summed E-state index contributed by atoms with van der Waals surface area (Å²) in [6, 6.07) is 9.20. The van der Waals surface area contributed by atoms with Gasteiger partial charge in [-0.15, -0.1) is 0 Å². The molecule has 0 saturated carbocycles. The Hall–Kier alpha value is -3.84. The van der Waals surface area contributed by atoms with Gasteiger partial charge in [0.25, 0.3) is 11.8 Å². The third-order valence-corrected chi connectivity index (χ3v) is 8.30. The monoisotopic (exact) mass is 616 g/mol. The Morgan fingerprint density at radius 3 is 2.62 bits per heavy atom. The first-order valence-electron chi connectivity index (χ1n) is 13.3. The van der Waals surface area contributed by atoms with Crippen LogP contribution in [0.4, 0.5) is 0 Å². The number of likely N-dealkylation sites (tertiary alicyclic amines) is 1. The minimum Gasteiger partial charge on any atom is -0.480 e. The number of nitrogens with two attached hydrogens (primary N) is 1. The zero-order valence-electron chi connectivity index (χ0n) is 22.6. The van der Waals surface area contributed by atoms with Crippen LogP contribution in [0.5, 0.6) is 0 Å². The summed E-state index contributed by atoms with van der Waals surface area (Å²) in [4.78, 5) is 45.9. The number of aliphatic carboxylic acids is 1. The van der Waals surface area contributed by atoms with Crippen LogP contribution in [-0.2, 0) is 17.8 Å². The first kappa shape index (κ1) is 29.6. The van der Waals surface area contributed by atoms with E-state index in [0.29, 0.717) is 36.2 Å². The quantitative estimate of drug-likeness (QED) is 0.120. The van der Waals surface area contributed by atoms with Crippen molar-refractivity contribution in [2.45, 2.75) is 32.0 Å². The van der Waals surface area contributed by atoms with Gasteiger partial charge in [0.2, 0.25) is 5.96 Å². The minimum atomic E-state index is -1.41. The summed E-state index contributed by atoms with van der Waals surface area (Å²) in [6.45, 7) is 2.85. The normalized spacial score (nSPS) is 19.5. The molecule has 5 rings (SSSR count). The summed E-state index contributed by atoms with van der Waals surface area (Å²) in [5, 5.41) is 23.2. The summed E-state index contributed by atoms with van der Waals surface area (Å²) in [5.74, 6) is 3.62. The maximum absolute atomic E-state index is 13.2. The minimum absolute atomic E-state index is 0.0118. The fraction of sp³-hybridized carbons (Fsp3) is 0.357. The van der Waals surface area contributed by atoms with Crippen LogP contribution in [0.15, 0.2) is 45.8 Å². The zero-order valence-corrected chi connectivity index (χ0v) is 24.2. The number of nitrogens with zero attached hydrogens (tertiary/aromatic N) is 3. The van der Waals surface area contributed by atoms with E-state index in [1.54, 1.807) is 28.0 Å². The number of amides is 2. The van der Waals surface area contributed by atoms with E-state index in [-0.39, 0.29) is 58.8 Å². The number of rotatable bonds is 6. The highest BCUT2D eigenvalue weighted by Gasteiger charge is 2.32. The van der Waals surface area contributed by atoms with Crippen molar-refractivity contribution >= 4 is 57.9 Å². The highest BCUT2D eigenvalue weighted by molar-refractivity contribution is 6.40. The van der Waals surface area contributed by atoms with Crippen molar-refractivity contribution in [3.8, 4) is 0 Å². The number of benzene rings is 2. The van der Waals surface area contributed by atoms with Crippen LogP contribution in [0, 0.1) is 5.92 Å². The third kappa shape index (κ3) is 5.88. The van der Waals surface area contributed by atoms with Gasteiger partial charge in [0.15, 0.2) is 5.76 Å². The van der Waals surface area contributed by atoms with Gasteiger partial charge in [-0.3, -0.25) is 15.0 Å². The van der Waals surface area contributed by atoms with Gasteiger partial charge in [-0.05, 0) is 35.7 Å². The molecular weight excluding hydrogens is 587 g/mol. The number of carbonyl (C=O) groups is 3. The molecule has 2 aromatic carbocycles. The Balaban J connectivity index is 1.30. The molecule has 1 saturated heterocycles. The Morgan fingerprint density at radius 2 is 1.95 bits per heavy atom. The van der Waals surface area contributed by atoms with E-state index in [0.717, 1.165) is 5.39 Å². The highest BCUT2D eigenvalue weighted by Crippen LogP contribution is 2.35. The van der Waals surface area contributed by atoms with E-state index in [9.17, 15) is 24.6 Å². The lowest BCUT2D eigenvalue weighted by molar-refractivity contribution is -0.138. The number of guanidine groups is 1. The summed E-state index contributed by atoms with van der Waals surface area (Å²) in [5.41, 5.74) is 4.32. The molecule has 0 unspecified atom stereocenters. The van der Waals surface area contributed by atoms with Gasteiger partial charge >= 0.3 is 5.97 Å². The molecule has 0 aliphatic carbocycles. The number of aliphatic hydroxyl groups excluding tert-OH is 1. The number of carboxylic acid groups (broad SMARTS) is 1. The molecule has 2 aliphatic rings. The largest absolute Gasteiger partial charge is 0.480 e. The van der Waals surface area contributed by atoms with E-state index < -0.39 is 24.0 Å². The molecule has 1 aromatic heterocycles. The number of carboxylic acids is 1. The predicted octanol–water partition coefficient (Wildman–Crippen LogP) is 2.25. The van der Waals surface area contributed by atoms with Crippen LogP contribution >= 0.6 is 23.2 Å². The molecule has 12 nitrogen and oxygen atoms in total. The van der Waals surface area contributed by atoms with E-state index >= 15 is 0 Å². The molecule has 3 atom stereocenters. The van der Waals surface area contributed by atoms with Crippen molar-refractivity contribution in [2.24, 2.45) is 16.8 Å². The zero-order chi connectivity index (χ0) is 30.1. The molecule has 3 aromatic rings. The Morgan fingerprint density at radius 1 is 1.19 bits per heavy atom. The van der Waals surface area contributed by atoms with Gasteiger partial charge in [0.05, 0.1) is 28.3 Å². The third-order valence-electron chi connectivity index (χ3n) is 7.58. The number of para-hydroxylation sites is 1. The van der Waals surface area contributed by atoms with Gasteiger partial charge in [-0.1, -0.05) is 48.3 Å². The molecule has 222 valence electrons. The first-order chi connectivity index (χ1) is 20.1. The number of carbonyl (C=O) groups excluding carboxylic acids is 2. The maximum Gasteiger partial charge on any atom is 0.328 e. The van der Waals surface area contributed by atoms with Crippen molar-refractivity contribution < 1.29 is 29.0 Å². The number of hydrazine groups is 1. The van der Waals surface area contributed by atoms with Gasteiger partial charge < -0.3 is 29.7 Å². The number of nitrogens with one attached hydrogen (secondary N) is 2. The molecule has 0 radical (unpaired) electrons. The van der Waals surface area contributed by atoms with Crippen molar-refractivity contribution in [3.63, 3.8) is 0 Å². The molecule has 2 aliphatic heterocycles. The van der Waals surface area contributed by atoms with Crippen LogP contribution in [0.1, 0.15) is 39.0 Å². The Labute approximate surface area is 251 Å². The summed E-state index contributed by atoms with van der Waals surface area (Å²) >= 11 is 13.1. The van der Waals surface area contributed by atoms with Crippen LogP contribution in [0.3, 0.4) is 0 Å². The van der Waals surface area contributed by atoms with Crippen molar-refractivity contribution in [2.75, 3.05) is 26.2 Å². The molecule has 42 heavy (non-hydrogen) atoms. The molecule has 0 spiro atoms. The topological polar surface area (TPSA) is 174 Å². The highest BCUT2D eigenvalue weighted by atomic mass is 35.5. The van der Waals surface area contributed by atoms with E-state index in [1.807, 2.05) is 25.1 Å². The molecular formula is C28H30Cl2N6O6. The standard InChI is InChI=1S/C28H30Cl2N6O6/c1-14-11-36(13-20(14)37)28(34-31)32-10-19(27(40)41)33-25(38)23-18(29)8-16-12-35(7-6-17(16)24(23)30)26(39)22-9-15-4-2-3-5-21(15)42-22/h2-5,8-9,14,19-20,37H,6-7,10-13,31H2,1H3,(H,32,34)(H,33,38)(H,40,41)/t14-,19+,20-/m1/s1. The SMILES string of the molecule is C[C@@H]1CN(C(=NC[C@H](NC(=O)c2c(Cl)cc3c(c2Cl)CCN(C(=O)c2cc4ccccc4o2)C3)C(=O)O)NN)C[C@H]1O. The van der Waals surface area contributed by atoms with Crippen LogP contribution in [-0.4, -0.2) is 82.1 Å². The number of halogens is 2.